The van der Waals surface area contributed by atoms with E-state index in [0.29, 0.717) is 24.7 Å². The normalized spacial score (nSPS) is 15.8. The lowest BCUT2D eigenvalue weighted by Gasteiger charge is -2.31. The zero-order valence-electron chi connectivity index (χ0n) is 15.1. The number of hydrogen-bond acceptors (Lipinski definition) is 5. The molecule has 134 valence electrons. The maximum atomic E-state index is 12.8. The van der Waals surface area contributed by atoms with Crippen LogP contribution in [0.5, 0.6) is 0 Å². The fourth-order valence-corrected chi connectivity index (χ4v) is 3.38. The lowest BCUT2D eigenvalue weighted by atomic mass is 9.90. The van der Waals surface area contributed by atoms with E-state index in [0.717, 1.165) is 25.0 Å². The molecule has 1 amide bonds. The first-order valence-corrected chi connectivity index (χ1v) is 8.95. The van der Waals surface area contributed by atoms with Crippen LogP contribution in [0.25, 0.3) is 0 Å². The second kappa shape index (κ2) is 7.21. The Morgan fingerprint density at radius 2 is 2.08 bits per heavy atom. The lowest BCUT2D eigenvalue weighted by Crippen LogP contribution is -2.38. The highest BCUT2D eigenvalue weighted by atomic mass is 16.2. The van der Waals surface area contributed by atoms with E-state index in [1.807, 2.05) is 24.9 Å². The van der Waals surface area contributed by atoms with E-state index in [1.165, 1.54) is 11.3 Å². The quantitative estimate of drug-likeness (QED) is 0.889. The predicted octanol–water partition coefficient (Wildman–Crippen LogP) is 2.49. The van der Waals surface area contributed by atoms with Crippen LogP contribution in [0, 0.1) is 0 Å². The third-order valence-electron chi connectivity index (χ3n) is 4.90. The summed E-state index contributed by atoms with van der Waals surface area (Å²) in [6, 6.07) is 1.76. The van der Waals surface area contributed by atoms with Crippen LogP contribution in [-0.4, -0.2) is 44.1 Å². The van der Waals surface area contributed by atoms with E-state index in [-0.39, 0.29) is 17.8 Å². The van der Waals surface area contributed by atoms with E-state index in [4.69, 9.17) is 5.73 Å². The molecule has 1 fully saturated rings. The summed E-state index contributed by atoms with van der Waals surface area (Å²) in [5.41, 5.74) is 9.47. The first-order chi connectivity index (χ1) is 12.0. The van der Waals surface area contributed by atoms with Gasteiger partial charge in [-0.15, -0.1) is 0 Å². The second-order valence-electron chi connectivity index (χ2n) is 6.92. The van der Waals surface area contributed by atoms with Crippen molar-refractivity contribution in [1.82, 2.24) is 25.1 Å². The molecule has 0 unspecified atom stereocenters. The van der Waals surface area contributed by atoms with Crippen molar-refractivity contribution in [1.29, 1.82) is 0 Å². The number of anilines is 1. The van der Waals surface area contributed by atoms with Gasteiger partial charge in [-0.2, -0.15) is 5.10 Å². The van der Waals surface area contributed by atoms with Crippen LogP contribution in [-0.2, 0) is 6.42 Å². The maximum absolute atomic E-state index is 12.8. The molecule has 2 aromatic rings. The smallest absolute Gasteiger partial charge is 0.272 e. The number of nitrogens with zero attached hydrogens (tertiary/aromatic N) is 4. The summed E-state index contributed by atoms with van der Waals surface area (Å²) < 4.78 is 0. The average Bonchev–Trinajstić information content (AvgIpc) is 3.09. The predicted molar refractivity (Wildman–Crippen MR) is 96.4 cm³/mol. The molecule has 1 aliphatic rings. The van der Waals surface area contributed by atoms with Gasteiger partial charge >= 0.3 is 0 Å². The Hall–Kier alpha value is -2.44. The number of aryl methyl sites for hydroxylation is 1. The van der Waals surface area contributed by atoms with Gasteiger partial charge in [-0.25, -0.2) is 9.97 Å². The summed E-state index contributed by atoms with van der Waals surface area (Å²) in [7, 11) is 0. The van der Waals surface area contributed by atoms with Gasteiger partial charge in [0.25, 0.3) is 5.91 Å². The standard InChI is InChI=1S/C18H26N6O/c1-4-12-10-20-23-16(12)13-5-7-24(8-6-13)17(25)15-9-14(11(2)3)21-18(19)22-15/h9-11,13H,4-8H2,1-3H3,(H,20,23)(H2,19,21,22). The van der Waals surface area contributed by atoms with Crippen LogP contribution in [0.4, 0.5) is 5.95 Å². The summed E-state index contributed by atoms with van der Waals surface area (Å²) in [5, 5.41) is 7.31. The SMILES string of the molecule is CCc1cn[nH]c1C1CCN(C(=O)c2cc(C(C)C)nc(N)n2)CC1. The van der Waals surface area contributed by atoms with Crippen molar-refractivity contribution in [3.05, 3.63) is 34.9 Å². The molecular formula is C18H26N6O. The Kier molecular flexibility index (Phi) is 5.01. The first-order valence-electron chi connectivity index (χ1n) is 8.95. The van der Waals surface area contributed by atoms with Gasteiger partial charge in [-0.3, -0.25) is 9.89 Å². The highest BCUT2D eigenvalue weighted by Crippen LogP contribution is 2.29. The maximum Gasteiger partial charge on any atom is 0.272 e. The molecule has 0 aromatic carbocycles. The topological polar surface area (TPSA) is 101 Å². The van der Waals surface area contributed by atoms with E-state index >= 15 is 0 Å². The van der Waals surface area contributed by atoms with Gasteiger partial charge in [0.05, 0.1) is 6.20 Å². The Morgan fingerprint density at radius 3 is 2.72 bits per heavy atom. The van der Waals surface area contributed by atoms with E-state index in [1.54, 1.807) is 6.07 Å². The Labute approximate surface area is 148 Å². The third-order valence-corrected chi connectivity index (χ3v) is 4.90. The van der Waals surface area contributed by atoms with Crippen molar-refractivity contribution < 1.29 is 4.79 Å². The van der Waals surface area contributed by atoms with Crippen LogP contribution in [0.3, 0.4) is 0 Å². The van der Waals surface area contributed by atoms with Crippen molar-refractivity contribution >= 4 is 11.9 Å². The molecule has 0 bridgehead atoms. The van der Waals surface area contributed by atoms with Gasteiger partial charge in [0.1, 0.15) is 5.69 Å². The van der Waals surface area contributed by atoms with Gasteiger partial charge in [0.15, 0.2) is 0 Å². The number of nitrogens with one attached hydrogen (secondary N) is 1. The molecule has 0 saturated carbocycles. The number of likely N-dealkylation sites (tertiary alicyclic amines) is 1. The van der Waals surface area contributed by atoms with E-state index < -0.39 is 0 Å². The molecule has 0 spiro atoms. The highest BCUT2D eigenvalue weighted by Gasteiger charge is 2.27. The number of piperidine rings is 1. The molecule has 1 aliphatic heterocycles. The molecule has 0 aliphatic carbocycles. The zero-order valence-corrected chi connectivity index (χ0v) is 15.1. The summed E-state index contributed by atoms with van der Waals surface area (Å²) in [5.74, 6) is 0.739. The zero-order chi connectivity index (χ0) is 18.0. The number of carbonyl (C=O) groups excluding carboxylic acids is 1. The molecule has 3 rings (SSSR count). The summed E-state index contributed by atoms with van der Waals surface area (Å²) in [6.07, 6.45) is 4.74. The number of hydrogen-bond donors (Lipinski definition) is 2. The number of aromatic amines is 1. The van der Waals surface area contributed by atoms with Crippen molar-refractivity contribution in [2.24, 2.45) is 0 Å². The number of rotatable bonds is 4. The number of nitrogens with two attached hydrogens (primary N) is 1. The molecule has 0 radical (unpaired) electrons. The van der Waals surface area contributed by atoms with Crippen LogP contribution in [0.2, 0.25) is 0 Å². The summed E-state index contributed by atoms with van der Waals surface area (Å²) in [4.78, 5) is 23.0. The van der Waals surface area contributed by atoms with Crippen molar-refractivity contribution in [2.45, 2.75) is 51.9 Å². The Bertz CT molecular complexity index is 746. The largest absolute Gasteiger partial charge is 0.368 e. The molecule has 3 heterocycles. The molecule has 1 saturated heterocycles. The minimum absolute atomic E-state index is 0.0604. The van der Waals surface area contributed by atoms with Crippen molar-refractivity contribution in [2.75, 3.05) is 18.8 Å². The molecule has 2 aromatic heterocycles. The van der Waals surface area contributed by atoms with Gasteiger partial charge in [-0.1, -0.05) is 20.8 Å². The monoisotopic (exact) mass is 342 g/mol. The van der Waals surface area contributed by atoms with E-state index in [9.17, 15) is 4.79 Å². The molecule has 7 nitrogen and oxygen atoms in total. The molecule has 7 heteroatoms. The Balaban J connectivity index is 1.70. The number of amides is 1. The highest BCUT2D eigenvalue weighted by molar-refractivity contribution is 5.92. The minimum atomic E-state index is -0.0604. The van der Waals surface area contributed by atoms with Gasteiger partial charge < -0.3 is 10.6 Å². The molecular weight excluding hydrogens is 316 g/mol. The van der Waals surface area contributed by atoms with Crippen molar-refractivity contribution in [3.8, 4) is 0 Å². The van der Waals surface area contributed by atoms with Gasteiger partial charge in [0.2, 0.25) is 5.95 Å². The second-order valence-corrected chi connectivity index (χ2v) is 6.92. The first kappa shape index (κ1) is 17.4. The summed E-state index contributed by atoms with van der Waals surface area (Å²) >= 11 is 0. The number of H-pyrrole nitrogens is 1. The molecule has 25 heavy (non-hydrogen) atoms. The van der Waals surface area contributed by atoms with Gasteiger partial charge in [-0.05, 0) is 36.8 Å². The Morgan fingerprint density at radius 1 is 1.36 bits per heavy atom. The summed E-state index contributed by atoms with van der Waals surface area (Å²) in [6.45, 7) is 7.62. The number of nitrogen functional groups attached to an aromatic ring is 1. The fourth-order valence-electron chi connectivity index (χ4n) is 3.38. The van der Waals surface area contributed by atoms with Crippen LogP contribution in [0.1, 0.15) is 72.9 Å². The molecule has 0 atom stereocenters. The molecule has 3 N–H and O–H groups in total. The fraction of sp³-hybridized carbons (Fsp3) is 0.556. The lowest BCUT2D eigenvalue weighted by molar-refractivity contribution is 0.0705. The van der Waals surface area contributed by atoms with Crippen molar-refractivity contribution in [3.63, 3.8) is 0 Å². The van der Waals surface area contributed by atoms with Gasteiger partial charge in [0, 0.05) is 30.4 Å². The number of aromatic nitrogens is 4. The van der Waals surface area contributed by atoms with Crippen LogP contribution < -0.4 is 5.73 Å². The van der Waals surface area contributed by atoms with Crippen LogP contribution in [0.15, 0.2) is 12.3 Å². The van der Waals surface area contributed by atoms with E-state index in [2.05, 4.69) is 27.1 Å². The van der Waals surface area contributed by atoms with Crippen LogP contribution >= 0.6 is 0 Å². The minimum Gasteiger partial charge on any atom is -0.368 e. The third kappa shape index (κ3) is 3.65. The number of carbonyl (C=O) groups is 1. The average molecular weight is 342 g/mol.